The van der Waals surface area contributed by atoms with Gasteiger partial charge in [-0.2, -0.15) is 0 Å². The average Bonchev–Trinajstić information content (AvgIpc) is 2.29. The number of rotatable bonds is 4. The molecule has 0 aromatic heterocycles. The average molecular weight is 231 g/mol. The molecule has 1 rings (SSSR count). The third kappa shape index (κ3) is 4.99. The second-order valence-corrected chi connectivity index (χ2v) is 4.67. The van der Waals surface area contributed by atoms with E-state index in [0.717, 1.165) is 10.8 Å². The molecule has 0 aliphatic heterocycles. The molecular formula is C14H17NS. The number of aliphatic imine (C=N–C) groups is 1. The molecule has 0 N–H and O–H groups in total. The van der Waals surface area contributed by atoms with Crippen LogP contribution in [0.1, 0.15) is 18.1 Å². The fraction of sp³-hybridized carbons (Fsp3) is 0.214. The molecule has 0 atom stereocenters. The standard InChI is InChI=1S/C14H17NS/c1-4-5-10-15-13(3)16-11-14-8-6-12(2)7-9-14/h4-10H,1,11H2,2-3H3/b10-5-,15-13?. The molecule has 1 aromatic carbocycles. The molecule has 0 heterocycles. The van der Waals surface area contributed by atoms with Crippen molar-refractivity contribution in [1.82, 2.24) is 0 Å². The molecule has 0 saturated carbocycles. The van der Waals surface area contributed by atoms with Crippen molar-refractivity contribution in [3.8, 4) is 0 Å². The van der Waals surface area contributed by atoms with Crippen molar-refractivity contribution in [3.05, 3.63) is 60.3 Å². The Kier molecular flexibility index (Phi) is 5.65. The lowest BCUT2D eigenvalue weighted by Crippen LogP contribution is -1.86. The van der Waals surface area contributed by atoms with E-state index in [1.54, 1.807) is 24.0 Å². The zero-order chi connectivity index (χ0) is 11.8. The van der Waals surface area contributed by atoms with Gasteiger partial charge in [0.1, 0.15) is 0 Å². The summed E-state index contributed by atoms with van der Waals surface area (Å²) in [5.41, 5.74) is 2.63. The van der Waals surface area contributed by atoms with E-state index >= 15 is 0 Å². The zero-order valence-electron chi connectivity index (χ0n) is 9.81. The number of thioether (sulfide) groups is 1. The molecule has 1 aromatic rings. The van der Waals surface area contributed by atoms with Gasteiger partial charge in [-0.25, -0.2) is 0 Å². The van der Waals surface area contributed by atoms with Crippen molar-refractivity contribution >= 4 is 16.8 Å². The maximum Gasteiger partial charge on any atom is 0.0703 e. The van der Waals surface area contributed by atoms with Crippen LogP contribution >= 0.6 is 11.8 Å². The van der Waals surface area contributed by atoms with Crippen LogP contribution in [0.3, 0.4) is 0 Å². The highest BCUT2D eigenvalue weighted by Gasteiger charge is 1.95. The van der Waals surface area contributed by atoms with E-state index < -0.39 is 0 Å². The van der Waals surface area contributed by atoms with E-state index in [0.29, 0.717) is 0 Å². The maximum atomic E-state index is 4.27. The first-order chi connectivity index (χ1) is 7.72. The minimum atomic E-state index is 0.970. The molecule has 0 radical (unpaired) electrons. The molecule has 0 bridgehead atoms. The summed E-state index contributed by atoms with van der Waals surface area (Å²) in [6.07, 6.45) is 5.32. The van der Waals surface area contributed by atoms with Crippen LogP contribution in [0.4, 0.5) is 0 Å². The van der Waals surface area contributed by atoms with Gasteiger partial charge in [0, 0.05) is 12.0 Å². The highest BCUT2D eigenvalue weighted by atomic mass is 32.2. The molecule has 84 valence electrons. The zero-order valence-corrected chi connectivity index (χ0v) is 10.6. The van der Waals surface area contributed by atoms with Crippen molar-refractivity contribution in [2.24, 2.45) is 4.99 Å². The van der Waals surface area contributed by atoms with E-state index in [9.17, 15) is 0 Å². The van der Waals surface area contributed by atoms with Crippen molar-refractivity contribution in [2.75, 3.05) is 0 Å². The van der Waals surface area contributed by atoms with Gasteiger partial charge in [0.25, 0.3) is 0 Å². The van der Waals surface area contributed by atoms with Gasteiger partial charge >= 0.3 is 0 Å². The van der Waals surface area contributed by atoms with Gasteiger partial charge in [0.15, 0.2) is 0 Å². The van der Waals surface area contributed by atoms with Crippen LogP contribution in [0, 0.1) is 6.92 Å². The van der Waals surface area contributed by atoms with Crippen LogP contribution in [0.5, 0.6) is 0 Å². The fourth-order valence-corrected chi connectivity index (χ4v) is 1.82. The SMILES string of the molecule is C=C/C=C\N=C(C)SCc1ccc(C)cc1. The first-order valence-corrected chi connectivity index (χ1v) is 6.21. The monoisotopic (exact) mass is 231 g/mol. The first kappa shape index (κ1) is 12.8. The minimum Gasteiger partial charge on any atom is -0.255 e. The lowest BCUT2D eigenvalue weighted by molar-refractivity contribution is 1.37. The molecule has 0 saturated heterocycles. The lowest BCUT2D eigenvalue weighted by atomic mass is 10.2. The van der Waals surface area contributed by atoms with Gasteiger partial charge in [0.2, 0.25) is 0 Å². The van der Waals surface area contributed by atoms with Crippen molar-refractivity contribution in [2.45, 2.75) is 19.6 Å². The van der Waals surface area contributed by atoms with E-state index in [-0.39, 0.29) is 0 Å². The summed E-state index contributed by atoms with van der Waals surface area (Å²) in [6, 6.07) is 8.60. The third-order valence-corrected chi connectivity index (χ3v) is 3.05. The normalized spacial score (nSPS) is 12.0. The quantitative estimate of drug-likeness (QED) is 0.426. The summed E-state index contributed by atoms with van der Waals surface area (Å²) < 4.78 is 0. The van der Waals surface area contributed by atoms with Gasteiger partial charge < -0.3 is 0 Å². The van der Waals surface area contributed by atoms with Gasteiger partial charge in [-0.1, -0.05) is 42.5 Å². The Morgan fingerprint density at radius 1 is 1.38 bits per heavy atom. The molecule has 0 aliphatic carbocycles. The Morgan fingerprint density at radius 3 is 2.69 bits per heavy atom. The topological polar surface area (TPSA) is 12.4 Å². The van der Waals surface area contributed by atoms with Crippen LogP contribution in [0.25, 0.3) is 0 Å². The number of allylic oxidation sites excluding steroid dienone is 2. The molecule has 2 heteroatoms. The summed E-state index contributed by atoms with van der Waals surface area (Å²) in [6.45, 7) is 7.72. The molecule has 0 amide bonds. The number of nitrogens with zero attached hydrogens (tertiary/aromatic N) is 1. The van der Waals surface area contributed by atoms with Crippen LogP contribution in [-0.4, -0.2) is 5.04 Å². The summed E-state index contributed by atoms with van der Waals surface area (Å²) in [5, 5.41) is 1.07. The molecule has 16 heavy (non-hydrogen) atoms. The van der Waals surface area contributed by atoms with Gasteiger partial charge in [-0.05, 0) is 25.5 Å². The lowest BCUT2D eigenvalue weighted by Gasteiger charge is -2.01. The highest BCUT2D eigenvalue weighted by Crippen LogP contribution is 2.14. The Labute approximate surface area is 102 Å². The van der Waals surface area contributed by atoms with Crippen LogP contribution < -0.4 is 0 Å². The van der Waals surface area contributed by atoms with E-state index in [1.165, 1.54) is 11.1 Å². The largest absolute Gasteiger partial charge is 0.255 e. The molecule has 0 unspecified atom stereocenters. The Hall–Kier alpha value is -1.28. The summed E-state index contributed by atoms with van der Waals surface area (Å²) >= 11 is 1.75. The maximum absolute atomic E-state index is 4.27. The number of hydrogen-bond acceptors (Lipinski definition) is 2. The van der Waals surface area contributed by atoms with Crippen LogP contribution in [0.15, 0.2) is 54.2 Å². The van der Waals surface area contributed by atoms with Crippen molar-refractivity contribution in [3.63, 3.8) is 0 Å². The first-order valence-electron chi connectivity index (χ1n) is 5.22. The summed E-state index contributed by atoms with van der Waals surface area (Å²) in [7, 11) is 0. The Balaban J connectivity index is 2.45. The van der Waals surface area contributed by atoms with Gasteiger partial charge in [0.05, 0.1) is 5.04 Å². The van der Waals surface area contributed by atoms with Crippen molar-refractivity contribution < 1.29 is 0 Å². The van der Waals surface area contributed by atoms with E-state index in [4.69, 9.17) is 0 Å². The third-order valence-electron chi connectivity index (χ3n) is 2.05. The number of aryl methyl sites for hydroxylation is 1. The molecule has 1 nitrogen and oxygen atoms in total. The van der Waals surface area contributed by atoms with Gasteiger partial charge in [-0.15, -0.1) is 11.8 Å². The predicted octanol–water partition coefficient (Wildman–Crippen LogP) is 4.35. The predicted molar refractivity (Wildman–Crippen MR) is 74.9 cm³/mol. The second-order valence-electron chi connectivity index (χ2n) is 3.50. The second kappa shape index (κ2) is 7.07. The van der Waals surface area contributed by atoms with E-state index in [2.05, 4.69) is 42.8 Å². The smallest absolute Gasteiger partial charge is 0.0703 e. The van der Waals surface area contributed by atoms with Crippen LogP contribution in [0.2, 0.25) is 0 Å². The number of hydrogen-bond donors (Lipinski definition) is 0. The van der Waals surface area contributed by atoms with Gasteiger partial charge in [-0.3, -0.25) is 4.99 Å². The number of benzene rings is 1. The van der Waals surface area contributed by atoms with E-state index in [1.807, 2.05) is 13.0 Å². The Bertz CT molecular complexity index is 388. The highest BCUT2D eigenvalue weighted by molar-refractivity contribution is 8.13. The Morgan fingerprint density at radius 2 is 2.06 bits per heavy atom. The summed E-state index contributed by atoms with van der Waals surface area (Å²) in [5.74, 6) is 0.970. The molecule has 0 spiro atoms. The van der Waals surface area contributed by atoms with Crippen LogP contribution in [-0.2, 0) is 5.75 Å². The van der Waals surface area contributed by atoms with Crippen molar-refractivity contribution in [1.29, 1.82) is 0 Å². The fourth-order valence-electron chi connectivity index (χ4n) is 1.12. The summed E-state index contributed by atoms with van der Waals surface area (Å²) in [4.78, 5) is 4.27. The molecular weight excluding hydrogens is 214 g/mol. The molecule has 0 aliphatic rings. The molecule has 0 fully saturated rings. The minimum absolute atomic E-state index is 0.970.